The molecule has 1 aromatic carbocycles. The van der Waals surface area contributed by atoms with Crippen LogP contribution in [0.15, 0.2) is 73.3 Å². The van der Waals surface area contributed by atoms with Gasteiger partial charge in [0.2, 0.25) is 18.2 Å². The van der Waals surface area contributed by atoms with Gasteiger partial charge in [-0.3, -0.25) is 9.78 Å². The molecule has 5 aromatic rings. The number of aromatic nitrogens is 5. The fraction of sp³-hybridized carbons (Fsp3) is 0.233. The average Bonchev–Trinajstić information content (AvgIpc) is 3.65. The molecular formula is C30H25F3N6O3. The Bertz CT molecular complexity index is 1690. The molecule has 6 rings (SSSR count). The number of ether oxygens (including phenoxy) is 2. The van der Waals surface area contributed by atoms with Crippen LogP contribution in [0.1, 0.15) is 24.3 Å². The molecule has 1 amide bonds. The van der Waals surface area contributed by atoms with Crippen LogP contribution in [0, 0.1) is 5.82 Å². The van der Waals surface area contributed by atoms with Gasteiger partial charge in [-0.1, -0.05) is 18.2 Å². The van der Waals surface area contributed by atoms with Crippen molar-refractivity contribution in [3.8, 4) is 28.4 Å². The number of carbonyl (C=O) groups excluding carboxylic acids is 1. The van der Waals surface area contributed by atoms with Gasteiger partial charge in [0.1, 0.15) is 35.1 Å². The number of carbonyl (C=O) groups is 1. The Balaban J connectivity index is 1.37. The molecule has 0 spiro atoms. The molecule has 1 aliphatic rings. The highest BCUT2D eigenvalue weighted by molar-refractivity contribution is 6.02. The highest BCUT2D eigenvalue weighted by Crippen LogP contribution is 2.39. The topological polar surface area (TPSA) is 115 Å². The maximum absolute atomic E-state index is 13.4. The molecule has 5 heterocycles. The van der Waals surface area contributed by atoms with Gasteiger partial charge in [-0.2, -0.15) is 4.98 Å². The van der Waals surface area contributed by atoms with Gasteiger partial charge in [0.15, 0.2) is 0 Å². The number of halogens is 3. The SMILES string of the molecule is O=C(Nc1cc(-c2[nH]c3c(O[C@H]4CCOC4)ncnc3c2-c2ccccn2)ccn1)[C@H](CC(F)F)c1ccc(F)cc1. The maximum atomic E-state index is 13.4. The first-order chi connectivity index (χ1) is 20.5. The Morgan fingerprint density at radius 1 is 1.07 bits per heavy atom. The van der Waals surface area contributed by atoms with Crippen LogP contribution in [0.5, 0.6) is 5.88 Å². The van der Waals surface area contributed by atoms with Crippen LogP contribution in [-0.4, -0.2) is 56.6 Å². The maximum Gasteiger partial charge on any atom is 0.241 e. The molecule has 42 heavy (non-hydrogen) atoms. The highest BCUT2D eigenvalue weighted by atomic mass is 19.3. The number of hydrogen-bond donors (Lipinski definition) is 2. The van der Waals surface area contributed by atoms with Crippen LogP contribution in [0.3, 0.4) is 0 Å². The van der Waals surface area contributed by atoms with Crippen LogP contribution in [0.25, 0.3) is 33.5 Å². The molecule has 1 saturated heterocycles. The lowest BCUT2D eigenvalue weighted by molar-refractivity contribution is -0.118. The molecule has 4 aromatic heterocycles. The minimum absolute atomic E-state index is 0.141. The minimum atomic E-state index is -2.74. The largest absolute Gasteiger partial charge is 0.470 e. The van der Waals surface area contributed by atoms with E-state index in [4.69, 9.17) is 9.47 Å². The van der Waals surface area contributed by atoms with Crippen molar-refractivity contribution in [2.45, 2.75) is 31.3 Å². The van der Waals surface area contributed by atoms with Gasteiger partial charge >= 0.3 is 0 Å². The summed E-state index contributed by atoms with van der Waals surface area (Å²) in [5.41, 5.74) is 4.00. The lowest BCUT2D eigenvalue weighted by Gasteiger charge is -2.17. The van der Waals surface area contributed by atoms with E-state index in [0.717, 1.165) is 18.6 Å². The minimum Gasteiger partial charge on any atom is -0.470 e. The number of benzene rings is 1. The zero-order valence-electron chi connectivity index (χ0n) is 22.1. The third-order valence-corrected chi connectivity index (χ3v) is 6.94. The van der Waals surface area contributed by atoms with Crippen molar-refractivity contribution in [1.82, 2.24) is 24.9 Å². The number of pyridine rings is 2. The van der Waals surface area contributed by atoms with E-state index in [1.54, 1.807) is 24.4 Å². The summed E-state index contributed by atoms with van der Waals surface area (Å²) in [5, 5.41) is 2.65. The number of nitrogens with zero attached hydrogens (tertiary/aromatic N) is 4. The van der Waals surface area contributed by atoms with E-state index >= 15 is 0 Å². The van der Waals surface area contributed by atoms with Crippen LogP contribution < -0.4 is 10.1 Å². The van der Waals surface area contributed by atoms with Crippen molar-refractivity contribution >= 4 is 22.8 Å². The van der Waals surface area contributed by atoms with Gasteiger partial charge in [0.25, 0.3) is 0 Å². The van der Waals surface area contributed by atoms with Crippen molar-refractivity contribution in [3.63, 3.8) is 0 Å². The first-order valence-corrected chi connectivity index (χ1v) is 13.3. The summed E-state index contributed by atoms with van der Waals surface area (Å²) in [4.78, 5) is 34.2. The van der Waals surface area contributed by atoms with Crippen molar-refractivity contribution in [3.05, 3.63) is 84.7 Å². The van der Waals surface area contributed by atoms with E-state index in [-0.39, 0.29) is 17.5 Å². The quantitative estimate of drug-likeness (QED) is 0.230. The van der Waals surface area contributed by atoms with Crippen LogP contribution in [-0.2, 0) is 9.53 Å². The van der Waals surface area contributed by atoms with Gasteiger partial charge in [0, 0.05) is 30.8 Å². The number of rotatable bonds is 9. The van der Waals surface area contributed by atoms with E-state index in [2.05, 4.69) is 30.2 Å². The lowest BCUT2D eigenvalue weighted by atomic mass is 9.95. The summed E-state index contributed by atoms with van der Waals surface area (Å²) in [6, 6.07) is 13.8. The summed E-state index contributed by atoms with van der Waals surface area (Å²) >= 11 is 0. The second-order valence-corrected chi connectivity index (χ2v) is 9.75. The Kier molecular flexibility index (Phi) is 7.78. The molecule has 0 aliphatic carbocycles. The molecule has 2 atom stereocenters. The number of H-pyrrole nitrogens is 1. The number of hydrogen-bond acceptors (Lipinski definition) is 7. The molecule has 12 heteroatoms. The second kappa shape index (κ2) is 12.0. The number of amides is 1. The number of nitrogens with one attached hydrogen (secondary N) is 2. The van der Waals surface area contributed by atoms with Crippen LogP contribution in [0.2, 0.25) is 0 Å². The predicted octanol–water partition coefficient (Wildman–Crippen LogP) is 5.77. The summed E-state index contributed by atoms with van der Waals surface area (Å²) in [6.07, 6.45) is 1.72. The zero-order valence-corrected chi connectivity index (χ0v) is 22.1. The standard InChI is InChI=1S/C30H25F3N6O3/c31-19-6-4-17(5-7-19)21(14-23(32)33)29(40)38-24-13-18(8-11-35-24)26-25(22-3-1-2-10-34-22)27-28(39-26)30(37-16-36-27)42-20-9-12-41-15-20/h1-8,10-11,13,16,20-21,23,39H,9,12,14-15H2,(H,35,38,40)/t20-,21+/m0/s1. The number of alkyl halides is 2. The first-order valence-electron chi connectivity index (χ1n) is 13.3. The molecule has 1 aliphatic heterocycles. The summed E-state index contributed by atoms with van der Waals surface area (Å²) in [7, 11) is 0. The summed E-state index contributed by atoms with van der Waals surface area (Å²) < 4.78 is 51.8. The van der Waals surface area contributed by atoms with Crippen molar-refractivity contribution in [1.29, 1.82) is 0 Å². The Hall–Kier alpha value is -4.84. The first kappa shape index (κ1) is 27.3. The van der Waals surface area contributed by atoms with Crippen molar-refractivity contribution in [2.24, 2.45) is 0 Å². The summed E-state index contributed by atoms with van der Waals surface area (Å²) in [5.74, 6) is -1.90. The van der Waals surface area contributed by atoms with Gasteiger partial charge < -0.3 is 19.8 Å². The van der Waals surface area contributed by atoms with Gasteiger partial charge in [-0.05, 0) is 42.0 Å². The van der Waals surface area contributed by atoms with Gasteiger partial charge in [0.05, 0.1) is 36.1 Å². The normalized spacial score (nSPS) is 15.7. The fourth-order valence-corrected chi connectivity index (χ4v) is 4.94. The number of anilines is 1. The van der Waals surface area contributed by atoms with Crippen LogP contribution >= 0.6 is 0 Å². The van der Waals surface area contributed by atoms with E-state index in [1.165, 1.54) is 24.7 Å². The smallest absolute Gasteiger partial charge is 0.241 e. The highest BCUT2D eigenvalue weighted by Gasteiger charge is 2.27. The molecule has 0 bridgehead atoms. The molecule has 0 radical (unpaired) electrons. The van der Waals surface area contributed by atoms with Crippen molar-refractivity contribution < 1.29 is 27.4 Å². The Morgan fingerprint density at radius 2 is 1.93 bits per heavy atom. The number of aromatic amines is 1. The monoisotopic (exact) mass is 574 g/mol. The molecule has 1 fully saturated rings. The van der Waals surface area contributed by atoms with Crippen molar-refractivity contribution in [2.75, 3.05) is 18.5 Å². The van der Waals surface area contributed by atoms with Gasteiger partial charge in [-0.25, -0.2) is 23.1 Å². The predicted molar refractivity (Wildman–Crippen MR) is 149 cm³/mol. The Labute approximate surface area is 238 Å². The third kappa shape index (κ3) is 5.79. The number of fused-ring (bicyclic) bond motifs is 1. The second-order valence-electron chi connectivity index (χ2n) is 9.75. The van der Waals surface area contributed by atoms with Crippen LogP contribution in [0.4, 0.5) is 19.0 Å². The average molecular weight is 575 g/mol. The van der Waals surface area contributed by atoms with E-state index in [0.29, 0.717) is 52.6 Å². The zero-order chi connectivity index (χ0) is 29.1. The molecule has 2 N–H and O–H groups in total. The molecule has 0 saturated carbocycles. The van der Waals surface area contributed by atoms with E-state index in [9.17, 15) is 18.0 Å². The Morgan fingerprint density at radius 3 is 2.67 bits per heavy atom. The molecule has 0 unspecified atom stereocenters. The molecular weight excluding hydrogens is 549 g/mol. The van der Waals surface area contributed by atoms with E-state index < -0.39 is 30.5 Å². The molecule has 214 valence electrons. The lowest BCUT2D eigenvalue weighted by Crippen LogP contribution is -2.23. The molecule has 9 nitrogen and oxygen atoms in total. The summed E-state index contributed by atoms with van der Waals surface area (Å²) in [6.45, 7) is 1.07. The third-order valence-electron chi connectivity index (χ3n) is 6.94. The van der Waals surface area contributed by atoms with Gasteiger partial charge in [-0.15, -0.1) is 0 Å². The fourth-order valence-electron chi connectivity index (χ4n) is 4.94. The van der Waals surface area contributed by atoms with E-state index in [1.807, 2.05) is 12.1 Å².